The molecular weight excluding hydrogens is 226 g/mol. The molecule has 2 rings (SSSR count). The van der Waals surface area contributed by atoms with Crippen LogP contribution in [0, 0.1) is 6.92 Å². The molecule has 4 heteroatoms. The van der Waals surface area contributed by atoms with E-state index in [0.717, 1.165) is 24.4 Å². The lowest BCUT2D eigenvalue weighted by molar-refractivity contribution is -0.130. The molecule has 1 aromatic rings. The molecule has 0 saturated carbocycles. The molecule has 1 aliphatic rings. The first-order valence-corrected chi connectivity index (χ1v) is 6.53. The molecule has 0 aliphatic carbocycles. The van der Waals surface area contributed by atoms with Crippen LogP contribution < -0.4 is 5.32 Å². The van der Waals surface area contributed by atoms with Gasteiger partial charge in [-0.15, -0.1) is 0 Å². The topological polar surface area (TPSA) is 45.2 Å². The molecule has 1 aromatic heterocycles. The molecule has 1 fully saturated rings. The van der Waals surface area contributed by atoms with Gasteiger partial charge in [0.15, 0.2) is 0 Å². The third kappa shape index (κ3) is 3.07. The van der Waals surface area contributed by atoms with E-state index in [-0.39, 0.29) is 11.9 Å². The van der Waals surface area contributed by atoms with Crippen LogP contribution in [0.25, 0.3) is 0 Å². The second-order valence-corrected chi connectivity index (χ2v) is 5.19. The predicted octanol–water partition coefficient (Wildman–Crippen LogP) is 1.49. The third-order valence-electron chi connectivity index (χ3n) is 3.13. The number of aryl methyl sites for hydroxylation is 1. The lowest BCUT2D eigenvalue weighted by atomic mass is 10.2. The fourth-order valence-corrected chi connectivity index (χ4v) is 2.34. The highest BCUT2D eigenvalue weighted by molar-refractivity contribution is 5.83. The highest BCUT2D eigenvalue weighted by Crippen LogP contribution is 2.15. The van der Waals surface area contributed by atoms with Crippen LogP contribution in [-0.4, -0.2) is 34.4 Å². The van der Waals surface area contributed by atoms with Gasteiger partial charge in [-0.05, 0) is 25.5 Å². The summed E-state index contributed by atoms with van der Waals surface area (Å²) in [6.07, 6.45) is 0.892. The van der Waals surface area contributed by atoms with Gasteiger partial charge in [-0.3, -0.25) is 9.78 Å². The van der Waals surface area contributed by atoms with Crippen molar-refractivity contribution < 1.29 is 4.79 Å². The minimum Gasteiger partial charge on any atom is -0.335 e. The van der Waals surface area contributed by atoms with Crippen molar-refractivity contribution in [3.8, 4) is 0 Å². The van der Waals surface area contributed by atoms with Crippen molar-refractivity contribution in [2.24, 2.45) is 0 Å². The average molecular weight is 247 g/mol. The first-order chi connectivity index (χ1) is 8.56. The second kappa shape index (κ2) is 5.48. The molecule has 0 radical (unpaired) electrons. The van der Waals surface area contributed by atoms with Gasteiger partial charge >= 0.3 is 0 Å². The summed E-state index contributed by atoms with van der Waals surface area (Å²) in [5.41, 5.74) is 1.96. The lowest BCUT2D eigenvalue weighted by Gasteiger charge is -2.18. The number of carbonyl (C=O) groups is 1. The Morgan fingerprint density at radius 3 is 2.94 bits per heavy atom. The first-order valence-electron chi connectivity index (χ1n) is 6.53. The van der Waals surface area contributed by atoms with E-state index in [1.807, 2.05) is 30.0 Å². The van der Waals surface area contributed by atoms with Crippen LogP contribution in [0.3, 0.4) is 0 Å². The van der Waals surface area contributed by atoms with Gasteiger partial charge in [0.1, 0.15) is 0 Å². The Kier molecular flexibility index (Phi) is 3.97. The van der Waals surface area contributed by atoms with Crippen LogP contribution in [0.2, 0.25) is 0 Å². The van der Waals surface area contributed by atoms with Crippen LogP contribution in [0.4, 0.5) is 0 Å². The Bertz CT molecular complexity index is 431. The number of hydrogen-bond donors (Lipinski definition) is 1. The van der Waals surface area contributed by atoms with Gasteiger partial charge in [-0.25, -0.2) is 0 Å². The van der Waals surface area contributed by atoms with Crippen LogP contribution in [0.5, 0.6) is 0 Å². The van der Waals surface area contributed by atoms with Gasteiger partial charge < -0.3 is 10.2 Å². The van der Waals surface area contributed by atoms with Crippen molar-refractivity contribution in [2.75, 3.05) is 6.54 Å². The van der Waals surface area contributed by atoms with Gasteiger partial charge in [-0.1, -0.05) is 19.9 Å². The Balaban J connectivity index is 1.97. The standard InChI is InChI=1S/C14H21N3O/c1-10(2)15-13-7-8-17(14(13)18)9-12-6-4-5-11(3)16-12/h4-6,10,13,15H,7-9H2,1-3H3. The van der Waals surface area contributed by atoms with Crippen molar-refractivity contribution in [3.05, 3.63) is 29.6 Å². The fourth-order valence-electron chi connectivity index (χ4n) is 2.34. The van der Waals surface area contributed by atoms with Gasteiger partial charge in [0.25, 0.3) is 0 Å². The van der Waals surface area contributed by atoms with Crippen LogP contribution >= 0.6 is 0 Å². The van der Waals surface area contributed by atoms with Crippen molar-refractivity contribution >= 4 is 5.91 Å². The highest BCUT2D eigenvalue weighted by atomic mass is 16.2. The monoisotopic (exact) mass is 247 g/mol. The molecule has 0 aromatic carbocycles. The Labute approximate surface area is 108 Å². The van der Waals surface area contributed by atoms with Crippen LogP contribution in [0.1, 0.15) is 31.7 Å². The number of likely N-dealkylation sites (tertiary alicyclic amines) is 1. The molecule has 4 nitrogen and oxygen atoms in total. The number of pyridine rings is 1. The zero-order valence-electron chi connectivity index (χ0n) is 11.3. The van der Waals surface area contributed by atoms with Crippen molar-refractivity contribution in [2.45, 2.75) is 45.8 Å². The van der Waals surface area contributed by atoms with Crippen molar-refractivity contribution in [3.63, 3.8) is 0 Å². The molecule has 1 saturated heterocycles. The van der Waals surface area contributed by atoms with E-state index in [1.54, 1.807) is 0 Å². The maximum atomic E-state index is 12.2. The minimum absolute atomic E-state index is 0.0187. The number of amides is 1. The van der Waals surface area contributed by atoms with E-state index >= 15 is 0 Å². The Morgan fingerprint density at radius 1 is 1.50 bits per heavy atom. The zero-order valence-corrected chi connectivity index (χ0v) is 11.3. The van der Waals surface area contributed by atoms with E-state index in [4.69, 9.17) is 0 Å². The van der Waals surface area contributed by atoms with E-state index in [2.05, 4.69) is 24.1 Å². The first kappa shape index (κ1) is 13.0. The molecule has 98 valence electrons. The number of nitrogens with zero attached hydrogens (tertiary/aromatic N) is 2. The molecule has 0 spiro atoms. The average Bonchev–Trinajstić information content (AvgIpc) is 2.61. The van der Waals surface area contributed by atoms with Crippen LogP contribution in [-0.2, 0) is 11.3 Å². The minimum atomic E-state index is -0.0187. The molecule has 1 amide bonds. The lowest BCUT2D eigenvalue weighted by Crippen LogP contribution is -2.41. The predicted molar refractivity (Wildman–Crippen MR) is 71.1 cm³/mol. The van der Waals surface area contributed by atoms with Gasteiger partial charge in [0, 0.05) is 18.3 Å². The van der Waals surface area contributed by atoms with E-state index in [9.17, 15) is 4.79 Å². The maximum absolute atomic E-state index is 12.2. The molecule has 1 N–H and O–H groups in total. The molecule has 1 atom stereocenters. The molecular formula is C14H21N3O. The third-order valence-corrected chi connectivity index (χ3v) is 3.13. The number of rotatable bonds is 4. The van der Waals surface area contributed by atoms with Crippen molar-refractivity contribution in [1.29, 1.82) is 0 Å². The maximum Gasteiger partial charge on any atom is 0.240 e. The normalized spacial score (nSPS) is 19.9. The van der Waals surface area contributed by atoms with Crippen LogP contribution in [0.15, 0.2) is 18.2 Å². The summed E-state index contributed by atoms with van der Waals surface area (Å²) in [7, 11) is 0. The number of carbonyl (C=O) groups excluding carboxylic acids is 1. The molecule has 0 bridgehead atoms. The summed E-state index contributed by atoms with van der Waals surface area (Å²) < 4.78 is 0. The highest BCUT2D eigenvalue weighted by Gasteiger charge is 2.31. The molecule has 1 unspecified atom stereocenters. The quantitative estimate of drug-likeness (QED) is 0.876. The fraction of sp³-hybridized carbons (Fsp3) is 0.571. The summed E-state index contributed by atoms with van der Waals surface area (Å²) >= 11 is 0. The smallest absolute Gasteiger partial charge is 0.240 e. The van der Waals surface area contributed by atoms with Gasteiger partial charge in [0.2, 0.25) is 5.91 Å². The SMILES string of the molecule is Cc1cccc(CN2CCC(NC(C)C)C2=O)n1. The molecule has 2 heterocycles. The Morgan fingerprint density at radius 2 is 2.28 bits per heavy atom. The zero-order chi connectivity index (χ0) is 13.1. The summed E-state index contributed by atoms with van der Waals surface area (Å²) in [6.45, 7) is 7.55. The largest absolute Gasteiger partial charge is 0.335 e. The number of nitrogens with one attached hydrogen (secondary N) is 1. The number of aromatic nitrogens is 1. The molecule has 1 aliphatic heterocycles. The summed E-state index contributed by atoms with van der Waals surface area (Å²) in [5, 5.41) is 3.31. The van der Waals surface area contributed by atoms with E-state index < -0.39 is 0 Å². The molecule has 18 heavy (non-hydrogen) atoms. The van der Waals surface area contributed by atoms with E-state index in [1.165, 1.54) is 0 Å². The van der Waals surface area contributed by atoms with Gasteiger partial charge in [-0.2, -0.15) is 0 Å². The second-order valence-electron chi connectivity index (χ2n) is 5.19. The summed E-state index contributed by atoms with van der Waals surface area (Å²) in [6, 6.07) is 6.26. The van der Waals surface area contributed by atoms with E-state index in [0.29, 0.717) is 12.6 Å². The number of hydrogen-bond acceptors (Lipinski definition) is 3. The van der Waals surface area contributed by atoms with Crippen molar-refractivity contribution in [1.82, 2.24) is 15.2 Å². The van der Waals surface area contributed by atoms with Gasteiger partial charge in [0.05, 0.1) is 18.3 Å². The summed E-state index contributed by atoms with van der Waals surface area (Å²) in [4.78, 5) is 18.5. The summed E-state index contributed by atoms with van der Waals surface area (Å²) in [5.74, 6) is 0.201. The Hall–Kier alpha value is -1.42.